The molecule has 2 aromatic rings. The number of aryl methyl sites for hydroxylation is 1. The van der Waals surface area contributed by atoms with Gasteiger partial charge in [0, 0.05) is 24.9 Å². The van der Waals surface area contributed by atoms with Crippen LogP contribution in [-0.4, -0.2) is 19.9 Å². The molecule has 2 N–H and O–H groups in total. The Labute approximate surface area is 104 Å². The molecule has 0 aliphatic rings. The van der Waals surface area contributed by atoms with Crippen LogP contribution < -0.4 is 5.73 Å². The third-order valence-corrected chi connectivity index (χ3v) is 2.83. The van der Waals surface area contributed by atoms with E-state index >= 15 is 0 Å². The van der Waals surface area contributed by atoms with Crippen molar-refractivity contribution in [1.82, 2.24) is 19.9 Å². The van der Waals surface area contributed by atoms with E-state index in [0.717, 1.165) is 28.7 Å². The number of hydrogen-bond donors (Lipinski definition) is 1. The summed E-state index contributed by atoms with van der Waals surface area (Å²) >= 11 is 1.44. The summed E-state index contributed by atoms with van der Waals surface area (Å²) in [4.78, 5) is 16.8. The summed E-state index contributed by atoms with van der Waals surface area (Å²) in [6, 6.07) is 1.75. The molecule has 0 saturated heterocycles. The maximum Gasteiger partial charge on any atom is 0.132 e. The zero-order chi connectivity index (χ0) is 12.1. The van der Waals surface area contributed by atoms with Crippen LogP contribution in [0.2, 0.25) is 0 Å². The highest BCUT2D eigenvalue weighted by atomic mass is 32.2. The molecule has 0 amide bonds. The molecule has 0 bridgehead atoms. The van der Waals surface area contributed by atoms with E-state index in [1.54, 1.807) is 24.7 Å². The summed E-state index contributed by atoms with van der Waals surface area (Å²) in [5, 5.41) is 1.61. The molecular formula is C11H13N5S. The van der Waals surface area contributed by atoms with Crippen LogP contribution in [0.15, 0.2) is 34.7 Å². The molecule has 0 aliphatic carbocycles. The van der Waals surface area contributed by atoms with Gasteiger partial charge in [0.25, 0.3) is 0 Å². The summed E-state index contributed by atoms with van der Waals surface area (Å²) in [6.07, 6.45) is 6.82. The Hall–Kier alpha value is -1.69. The quantitative estimate of drug-likeness (QED) is 0.832. The van der Waals surface area contributed by atoms with Gasteiger partial charge in [-0.15, -0.1) is 0 Å². The van der Waals surface area contributed by atoms with Gasteiger partial charge in [-0.05, 0) is 18.2 Å². The topological polar surface area (TPSA) is 77.6 Å². The van der Waals surface area contributed by atoms with Crippen molar-refractivity contribution in [3.63, 3.8) is 0 Å². The Kier molecular flexibility index (Phi) is 3.87. The van der Waals surface area contributed by atoms with Gasteiger partial charge < -0.3 is 5.73 Å². The zero-order valence-electron chi connectivity index (χ0n) is 9.50. The van der Waals surface area contributed by atoms with E-state index < -0.39 is 0 Å². The van der Waals surface area contributed by atoms with Crippen LogP contribution in [0.25, 0.3) is 0 Å². The molecule has 2 aromatic heterocycles. The summed E-state index contributed by atoms with van der Waals surface area (Å²) in [5.41, 5.74) is 5.74. The molecule has 6 heteroatoms. The second kappa shape index (κ2) is 5.58. The monoisotopic (exact) mass is 247 g/mol. The standard InChI is InChI=1S/C11H13N5S/c1-2-3-9-15-8(12)6-10(16-9)17-11-7-13-4-5-14-11/h4-7H,2-3H2,1H3,(H2,12,15,16). The Morgan fingerprint density at radius 2 is 2.12 bits per heavy atom. The number of nitrogens with zero attached hydrogens (tertiary/aromatic N) is 4. The summed E-state index contributed by atoms with van der Waals surface area (Å²) in [6.45, 7) is 2.09. The van der Waals surface area contributed by atoms with Crippen molar-refractivity contribution in [3.8, 4) is 0 Å². The molecule has 5 nitrogen and oxygen atoms in total. The fourth-order valence-corrected chi connectivity index (χ4v) is 2.10. The highest BCUT2D eigenvalue weighted by Crippen LogP contribution is 2.24. The first-order valence-corrected chi connectivity index (χ1v) is 6.17. The lowest BCUT2D eigenvalue weighted by molar-refractivity contribution is 0.812. The fourth-order valence-electron chi connectivity index (χ4n) is 1.33. The second-order valence-corrected chi connectivity index (χ2v) is 4.48. The van der Waals surface area contributed by atoms with Crippen LogP contribution in [0.1, 0.15) is 19.2 Å². The fraction of sp³-hybridized carbons (Fsp3) is 0.273. The highest BCUT2D eigenvalue weighted by Gasteiger charge is 2.05. The number of nitrogens with two attached hydrogens (primary N) is 1. The molecule has 2 rings (SSSR count). The van der Waals surface area contributed by atoms with Crippen molar-refractivity contribution in [2.75, 3.05) is 5.73 Å². The zero-order valence-corrected chi connectivity index (χ0v) is 10.3. The van der Waals surface area contributed by atoms with Crippen LogP contribution in [0.3, 0.4) is 0 Å². The maximum atomic E-state index is 5.74. The average molecular weight is 247 g/mol. The van der Waals surface area contributed by atoms with Crippen LogP contribution in [0.4, 0.5) is 5.82 Å². The lowest BCUT2D eigenvalue weighted by Crippen LogP contribution is -2.00. The predicted molar refractivity (Wildman–Crippen MR) is 66.6 cm³/mol. The normalized spacial score (nSPS) is 10.4. The first kappa shape index (κ1) is 11.8. The van der Waals surface area contributed by atoms with E-state index in [-0.39, 0.29) is 0 Å². The number of aromatic nitrogens is 4. The summed E-state index contributed by atoms with van der Waals surface area (Å²) in [7, 11) is 0. The van der Waals surface area contributed by atoms with Crippen molar-refractivity contribution in [2.45, 2.75) is 29.8 Å². The SMILES string of the molecule is CCCc1nc(N)cc(Sc2cnccn2)n1. The Bertz CT molecular complexity index is 488. The van der Waals surface area contributed by atoms with E-state index in [4.69, 9.17) is 5.73 Å². The van der Waals surface area contributed by atoms with E-state index in [1.165, 1.54) is 11.8 Å². The minimum atomic E-state index is 0.495. The van der Waals surface area contributed by atoms with Crippen molar-refractivity contribution in [3.05, 3.63) is 30.5 Å². The minimum absolute atomic E-state index is 0.495. The Balaban J connectivity index is 2.21. The smallest absolute Gasteiger partial charge is 0.132 e. The van der Waals surface area contributed by atoms with E-state index in [0.29, 0.717) is 5.82 Å². The largest absolute Gasteiger partial charge is 0.384 e. The maximum absolute atomic E-state index is 5.74. The van der Waals surface area contributed by atoms with Crippen molar-refractivity contribution in [1.29, 1.82) is 0 Å². The third-order valence-electron chi connectivity index (χ3n) is 1.99. The van der Waals surface area contributed by atoms with Crippen LogP contribution in [-0.2, 0) is 6.42 Å². The van der Waals surface area contributed by atoms with E-state index in [1.807, 2.05) is 0 Å². The van der Waals surface area contributed by atoms with E-state index in [9.17, 15) is 0 Å². The predicted octanol–water partition coefficient (Wildman–Crippen LogP) is 1.95. The van der Waals surface area contributed by atoms with Crippen LogP contribution in [0.5, 0.6) is 0 Å². The average Bonchev–Trinajstić information content (AvgIpc) is 2.30. The molecular weight excluding hydrogens is 234 g/mol. The minimum Gasteiger partial charge on any atom is -0.384 e. The van der Waals surface area contributed by atoms with Crippen molar-refractivity contribution in [2.24, 2.45) is 0 Å². The number of anilines is 1. The first-order valence-electron chi connectivity index (χ1n) is 5.35. The molecule has 0 atom stereocenters. The molecule has 0 fully saturated rings. The molecule has 88 valence electrons. The van der Waals surface area contributed by atoms with Gasteiger partial charge in [-0.3, -0.25) is 4.98 Å². The van der Waals surface area contributed by atoms with Crippen LogP contribution in [0, 0.1) is 0 Å². The summed E-state index contributed by atoms with van der Waals surface area (Å²) in [5.74, 6) is 1.27. The number of nitrogen functional groups attached to an aromatic ring is 1. The molecule has 0 unspecified atom stereocenters. The van der Waals surface area contributed by atoms with Gasteiger partial charge in [0.1, 0.15) is 21.7 Å². The molecule has 0 spiro atoms. The lowest BCUT2D eigenvalue weighted by Gasteiger charge is -2.03. The molecule has 0 saturated carbocycles. The van der Waals surface area contributed by atoms with E-state index in [2.05, 4.69) is 26.9 Å². The lowest BCUT2D eigenvalue weighted by atomic mass is 10.3. The van der Waals surface area contributed by atoms with Gasteiger partial charge >= 0.3 is 0 Å². The molecule has 17 heavy (non-hydrogen) atoms. The van der Waals surface area contributed by atoms with Gasteiger partial charge in [0.2, 0.25) is 0 Å². The highest BCUT2D eigenvalue weighted by molar-refractivity contribution is 7.99. The van der Waals surface area contributed by atoms with Crippen molar-refractivity contribution >= 4 is 17.6 Å². The van der Waals surface area contributed by atoms with Gasteiger partial charge in [-0.2, -0.15) is 0 Å². The third kappa shape index (κ3) is 3.39. The number of rotatable bonds is 4. The number of hydrogen-bond acceptors (Lipinski definition) is 6. The van der Waals surface area contributed by atoms with Crippen molar-refractivity contribution < 1.29 is 0 Å². The second-order valence-electron chi connectivity index (χ2n) is 3.44. The molecule has 0 aliphatic heterocycles. The Morgan fingerprint density at radius 3 is 2.82 bits per heavy atom. The van der Waals surface area contributed by atoms with Gasteiger partial charge in [-0.25, -0.2) is 15.0 Å². The summed E-state index contributed by atoms with van der Waals surface area (Å²) < 4.78 is 0. The molecule has 0 radical (unpaired) electrons. The molecule has 2 heterocycles. The Morgan fingerprint density at radius 1 is 1.24 bits per heavy atom. The van der Waals surface area contributed by atoms with Gasteiger partial charge in [-0.1, -0.05) is 6.92 Å². The molecule has 0 aromatic carbocycles. The van der Waals surface area contributed by atoms with Gasteiger partial charge in [0.05, 0.1) is 6.20 Å². The van der Waals surface area contributed by atoms with Crippen LogP contribution >= 0.6 is 11.8 Å². The van der Waals surface area contributed by atoms with Gasteiger partial charge in [0.15, 0.2) is 0 Å². The first-order chi connectivity index (χ1) is 8.28.